The topological polar surface area (TPSA) is 58.6 Å². The number of anilines is 1. The summed E-state index contributed by atoms with van der Waals surface area (Å²) in [6.07, 6.45) is 9.60. The molecule has 32 heavy (non-hydrogen) atoms. The van der Waals surface area contributed by atoms with E-state index in [0.29, 0.717) is 18.7 Å². The maximum absolute atomic E-state index is 12.9. The molecule has 2 N–H and O–H groups in total. The molecule has 4 nitrogen and oxygen atoms in total. The van der Waals surface area contributed by atoms with E-state index in [4.69, 9.17) is 4.74 Å². The maximum atomic E-state index is 12.9. The van der Waals surface area contributed by atoms with E-state index in [1.54, 1.807) is 0 Å². The summed E-state index contributed by atoms with van der Waals surface area (Å²) in [5, 5.41) is 14.4. The van der Waals surface area contributed by atoms with Gasteiger partial charge in [0.05, 0.1) is 12.3 Å². The molecule has 0 aromatic heterocycles. The lowest BCUT2D eigenvalue weighted by atomic mass is 9.79. The zero-order chi connectivity index (χ0) is 24.4. The molecule has 1 rings (SSSR count). The Hall–Kier alpha value is -1.71. The summed E-state index contributed by atoms with van der Waals surface area (Å²) in [5.74, 6) is 0.0144. The number of hydrogen-bond acceptors (Lipinski definition) is 4. The van der Waals surface area contributed by atoms with Crippen LogP contribution in [-0.2, 0) is 20.4 Å². The largest absolute Gasteiger partial charge is 0.505 e. The molecule has 4 heteroatoms. The summed E-state index contributed by atoms with van der Waals surface area (Å²) in [7, 11) is 0. The highest BCUT2D eigenvalue weighted by Gasteiger charge is 2.27. The normalized spacial score (nSPS) is 13.1. The molecule has 1 aromatic rings. The molecule has 0 aliphatic rings. The Morgan fingerprint density at radius 1 is 0.906 bits per heavy atom. The van der Waals surface area contributed by atoms with Crippen molar-refractivity contribution in [2.45, 2.75) is 130 Å². The van der Waals surface area contributed by atoms with Gasteiger partial charge in [0.2, 0.25) is 0 Å². The summed E-state index contributed by atoms with van der Waals surface area (Å²) in [6.45, 7) is 17.6. The molecule has 0 radical (unpaired) electrons. The number of ether oxygens (including phenoxy) is 1. The molecule has 0 aliphatic heterocycles. The maximum Gasteiger partial charge on any atom is 0.328 e. The number of carbonyl (C=O) groups is 1. The van der Waals surface area contributed by atoms with Crippen molar-refractivity contribution in [2.24, 2.45) is 0 Å². The van der Waals surface area contributed by atoms with Crippen LogP contribution in [0.1, 0.15) is 124 Å². The van der Waals surface area contributed by atoms with Crippen molar-refractivity contribution in [3.63, 3.8) is 0 Å². The predicted octanol–water partition coefficient (Wildman–Crippen LogP) is 7.86. The van der Waals surface area contributed by atoms with Crippen LogP contribution >= 0.6 is 0 Å². The molecule has 0 amide bonds. The van der Waals surface area contributed by atoms with Crippen LogP contribution in [0.5, 0.6) is 5.75 Å². The Labute approximate surface area is 197 Å². The first-order valence-corrected chi connectivity index (χ1v) is 12.7. The van der Waals surface area contributed by atoms with Gasteiger partial charge in [-0.25, -0.2) is 4.79 Å². The smallest absolute Gasteiger partial charge is 0.328 e. The molecule has 0 aliphatic carbocycles. The van der Waals surface area contributed by atoms with Gasteiger partial charge in [-0.1, -0.05) is 106 Å². The summed E-state index contributed by atoms with van der Waals surface area (Å²) < 4.78 is 5.63. The highest BCUT2D eigenvalue weighted by atomic mass is 16.5. The highest BCUT2D eigenvalue weighted by molar-refractivity contribution is 5.80. The number of unbranched alkanes of at least 4 members (excludes halogenated alkanes) is 6. The monoisotopic (exact) mass is 447 g/mol. The summed E-state index contributed by atoms with van der Waals surface area (Å²) in [6, 6.07) is 3.63. The van der Waals surface area contributed by atoms with Gasteiger partial charge in [0.25, 0.3) is 0 Å². The molecule has 0 bridgehead atoms. The van der Waals surface area contributed by atoms with Crippen molar-refractivity contribution in [3.05, 3.63) is 23.3 Å². The third kappa shape index (κ3) is 9.42. The molecule has 184 valence electrons. The van der Waals surface area contributed by atoms with Gasteiger partial charge in [0.15, 0.2) is 0 Å². The van der Waals surface area contributed by atoms with Gasteiger partial charge in [0.1, 0.15) is 11.8 Å². The third-order valence-corrected chi connectivity index (χ3v) is 5.99. The number of aromatic hydroxyl groups is 1. The number of esters is 1. The Balaban J connectivity index is 2.99. The van der Waals surface area contributed by atoms with Gasteiger partial charge >= 0.3 is 5.97 Å². The SMILES string of the molecule is CCCCCCCCOC(=O)C(CCCC)Nc1cc(C(C)(C)C)cc(C(C)(C)C)c1O. The molecule has 1 aromatic carbocycles. The summed E-state index contributed by atoms with van der Waals surface area (Å²) in [5.41, 5.74) is 2.37. The van der Waals surface area contributed by atoms with Crippen LogP contribution in [-0.4, -0.2) is 23.7 Å². The van der Waals surface area contributed by atoms with Crippen molar-refractivity contribution < 1.29 is 14.6 Å². The lowest BCUT2D eigenvalue weighted by molar-refractivity contribution is -0.144. The van der Waals surface area contributed by atoms with Crippen molar-refractivity contribution in [1.29, 1.82) is 0 Å². The molecule has 1 unspecified atom stereocenters. The lowest BCUT2D eigenvalue weighted by Gasteiger charge is -2.29. The first-order valence-electron chi connectivity index (χ1n) is 12.7. The van der Waals surface area contributed by atoms with Gasteiger partial charge in [-0.05, 0) is 35.3 Å². The van der Waals surface area contributed by atoms with Gasteiger partial charge < -0.3 is 15.2 Å². The second-order valence-corrected chi connectivity index (χ2v) is 11.2. The van der Waals surface area contributed by atoms with Crippen LogP contribution in [0, 0.1) is 0 Å². The fourth-order valence-corrected chi connectivity index (χ4v) is 3.75. The minimum Gasteiger partial charge on any atom is -0.505 e. The van der Waals surface area contributed by atoms with E-state index >= 15 is 0 Å². The molecule has 0 saturated heterocycles. The number of phenolic OH excluding ortho intramolecular Hbond substituents is 1. The zero-order valence-electron chi connectivity index (χ0n) is 22.1. The van der Waals surface area contributed by atoms with Crippen molar-refractivity contribution in [1.82, 2.24) is 0 Å². The lowest BCUT2D eigenvalue weighted by Crippen LogP contribution is -2.32. The third-order valence-electron chi connectivity index (χ3n) is 5.99. The van der Waals surface area contributed by atoms with E-state index in [0.717, 1.165) is 36.8 Å². The minimum absolute atomic E-state index is 0.0681. The molecule has 0 fully saturated rings. The quantitative estimate of drug-likeness (QED) is 0.183. The van der Waals surface area contributed by atoms with Crippen LogP contribution in [0.15, 0.2) is 12.1 Å². The van der Waals surface area contributed by atoms with Crippen LogP contribution in [0.2, 0.25) is 0 Å². The molecule has 0 saturated carbocycles. The van der Waals surface area contributed by atoms with E-state index < -0.39 is 6.04 Å². The Bertz CT molecular complexity index is 698. The highest BCUT2D eigenvalue weighted by Crippen LogP contribution is 2.40. The number of nitrogens with one attached hydrogen (secondary N) is 1. The average molecular weight is 448 g/mol. The average Bonchev–Trinajstić information content (AvgIpc) is 2.69. The minimum atomic E-state index is -0.455. The van der Waals surface area contributed by atoms with Crippen LogP contribution in [0.3, 0.4) is 0 Å². The fraction of sp³-hybridized carbons (Fsp3) is 0.750. The molecular formula is C28H49NO3. The van der Waals surface area contributed by atoms with E-state index in [1.165, 1.54) is 25.7 Å². The number of carbonyl (C=O) groups excluding carboxylic acids is 1. The predicted molar refractivity (Wildman–Crippen MR) is 137 cm³/mol. The van der Waals surface area contributed by atoms with Crippen molar-refractivity contribution in [2.75, 3.05) is 11.9 Å². The van der Waals surface area contributed by atoms with Gasteiger partial charge in [0, 0.05) is 5.56 Å². The molecule has 1 atom stereocenters. The second kappa shape index (κ2) is 13.1. The van der Waals surface area contributed by atoms with Crippen molar-refractivity contribution in [3.8, 4) is 5.75 Å². The number of phenols is 1. The Kier molecular flexibility index (Phi) is 11.6. The number of rotatable bonds is 13. The van der Waals surface area contributed by atoms with Crippen LogP contribution in [0.4, 0.5) is 5.69 Å². The molecule has 0 spiro atoms. The second-order valence-electron chi connectivity index (χ2n) is 11.2. The number of hydrogen-bond donors (Lipinski definition) is 2. The zero-order valence-corrected chi connectivity index (χ0v) is 22.1. The fourth-order valence-electron chi connectivity index (χ4n) is 3.75. The summed E-state index contributed by atoms with van der Waals surface area (Å²) >= 11 is 0. The van der Waals surface area contributed by atoms with Crippen LogP contribution in [0.25, 0.3) is 0 Å². The van der Waals surface area contributed by atoms with E-state index in [-0.39, 0.29) is 22.5 Å². The van der Waals surface area contributed by atoms with Crippen LogP contribution < -0.4 is 5.32 Å². The summed E-state index contributed by atoms with van der Waals surface area (Å²) in [4.78, 5) is 12.9. The number of benzene rings is 1. The standard InChI is InChI=1S/C28H49NO3/c1-9-11-13-14-15-16-18-32-26(31)23(17-12-10-2)29-24-20-21(27(3,4)5)19-22(25(24)30)28(6,7)8/h19-20,23,29-30H,9-18H2,1-8H3. The molecular weight excluding hydrogens is 398 g/mol. The molecule has 0 heterocycles. The van der Waals surface area contributed by atoms with E-state index in [9.17, 15) is 9.90 Å². The Morgan fingerprint density at radius 2 is 1.50 bits per heavy atom. The van der Waals surface area contributed by atoms with Gasteiger partial charge in [-0.2, -0.15) is 0 Å². The first kappa shape index (κ1) is 28.3. The van der Waals surface area contributed by atoms with Crippen molar-refractivity contribution >= 4 is 11.7 Å². The van der Waals surface area contributed by atoms with E-state index in [1.807, 2.05) is 6.07 Å². The Morgan fingerprint density at radius 3 is 2.06 bits per heavy atom. The van der Waals surface area contributed by atoms with Gasteiger partial charge in [-0.15, -0.1) is 0 Å². The van der Waals surface area contributed by atoms with E-state index in [2.05, 4.69) is 66.8 Å². The van der Waals surface area contributed by atoms with Gasteiger partial charge in [-0.3, -0.25) is 0 Å². The first-order chi connectivity index (χ1) is 14.9.